The van der Waals surface area contributed by atoms with Gasteiger partial charge in [0.25, 0.3) is 5.91 Å². The minimum absolute atomic E-state index is 0.0527. The molecule has 1 amide bonds. The van der Waals surface area contributed by atoms with E-state index >= 15 is 0 Å². The first-order valence-corrected chi connectivity index (χ1v) is 10.4. The summed E-state index contributed by atoms with van der Waals surface area (Å²) in [5, 5.41) is 2.87. The van der Waals surface area contributed by atoms with E-state index in [0.29, 0.717) is 11.8 Å². The maximum atomic E-state index is 12.9. The van der Waals surface area contributed by atoms with Crippen molar-refractivity contribution in [1.82, 2.24) is 10.0 Å². The van der Waals surface area contributed by atoms with Crippen LogP contribution in [0.1, 0.15) is 33.1 Å². The topological polar surface area (TPSA) is 102 Å². The molecule has 9 heteroatoms. The number of benzene rings is 1. The third-order valence-corrected chi connectivity index (χ3v) is 6.37. The van der Waals surface area contributed by atoms with Gasteiger partial charge in [-0.3, -0.25) is 9.59 Å². The molecule has 1 aromatic rings. The molecule has 150 valence electrons. The van der Waals surface area contributed by atoms with Gasteiger partial charge in [0.15, 0.2) is 6.61 Å². The zero-order valence-electron chi connectivity index (χ0n) is 15.4. The van der Waals surface area contributed by atoms with Gasteiger partial charge in [-0.15, -0.1) is 0 Å². The van der Waals surface area contributed by atoms with E-state index in [2.05, 4.69) is 23.9 Å². The summed E-state index contributed by atoms with van der Waals surface area (Å²) < 4.78 is 43.7. The molecule has 7 nitrogen and oxygen atoms in total. The van der Waals surface area contributed by atoms with Crippen LogP contribution in [0.5, 0.6) is 0 Å². The molecule has 3 atom stereocenters. The van der Waals surface area contributed by atoms with E-state index < -0.39 is 40.9 Å². The van der Waals surface area contributed by atoms with Gasteiger partial charge in [-0.25, -0.2) is 12.8 Å². The predicted octanol–water partition coefficient (Wildman–Crippen LogP) is 1.59. The van der Waals surface area contributed by atoms with E-state index in [-0.39, 0.29) is 10.9 Å². The Hall–Kier alpha value is -2.00. The zero-order valence-corrected chi connectivity index (χ0v) is 16.2. The number of esters is 1. The van der Waals surface area contributed by atoms with Crippen LogP contribution < -0.4 is 10.0 Å². The molecule has 0 saturated heterocycles. The second-order valence-electron chi connectivity index (χ2n) is 6.88. The maximum Gasteiger partial charge on any atom is 0.321 e. The van der Waals surface area contributed by atoms with Crippen molar-refractivity contribution < 1.29 is 27.1 Å². The van der Waals surface area contributed by atoms with E-state index in [9.17, 15) is 22.4 Å². The Bertz CT molecular complexity index is 766. The summed E-state index contributed by atoms with van der Waals surface area (Å²) in [5.41, 5.74) is 0. The van der Waals surface area contributed by atoms with E-state index in [4.69, 9.17) is 4.74 Å². The van der Waals surface area contributed by atoms with Gasteiger partial charge in [0, 0.05) is 6.04 Å². The monoisotopic (exact) mass is 400 g/mol. The van der Waals surface area contributed by atoms with Gasteiger partial charge in [0.05, 0.1) is 4.90 Å². The zero-order chi connectivity index (χ0) is 20.0. The number of amides is 1. The summed E-state index contributed by atoms with van der Waals surface area (Å²) in [6.45, 7) is 3.15. The van der Waals surface area contributed by atoms with Gasteiger partial charge in [-0.2, -0.15) is 4.72 Å². The molecule has 0 aliphatic heterocycles. The normalized spacial score (nSPS) is 22.9. The number of halogens is 1. The van der Waals surface area contributed by atoms with Gasteiger partial charge in [0.1, 0.15) is 12.4 Å². The van der Waals surface area contributed by atoms with Crippen LogP contribution in [0.15, 0.2) is 29.2 Å². The van der Waals surface area contributed by atoms with E-state index in [1.165, 1.54) is 0 Å². The summed E-state index contributed by atoms with van der Waals surface area (Å²) in [6.07, 6.45) is 3.07. The first kappa shape index (κ1) is 21.3. The fraction of sp³-hybridized carbons (Fsp3) is 0.556. The van der Waals surface area contributed by atoms with Crippen molar-refractivity contribution in [2.45, 2.75) is 44.0 Å². The molecule has 0 heterocycles. The standard InChI is InChI=1S/C18H25FN2O5S/c1-12-4-3-5-16(13(12)2)21-17(22)11-26-18(23)10-20-27(24,25)15-8-6-14(19)7-9-15/h6-9,12-13,16,20H,3-5,10-11H2,1-2H3,(H,21,22)/t12-,13-,16-/m1/s1. The number of carbonyl (C=O) groups is 2. The minimum Gasteiger partial charge on any atom is -0.455 e. The van der Waals surface area contributed by atoms with E-state index in [1.54, 1.807) is 0 Å². The van der Waals surface area contributed by atoms with Crippen LogP contribution in [0.2, 0.25) is 0 Å². The molecule has 0 spiro atoms. The molecule has 0 unspecified atom stereocenters. The Morgan fingerprint density at radius 3 is 2.52 bits per heavy atom. The summed E-state index contributed by atoms with van der Waals surface area (Å²) in [7, 11) is -3.96. The lowest BCUT2D eigenvalue weighted by atomic mass is 9.78. The molecule has 2 rings (SSSR count). The van der Waals surface area contributed by atoms with Crippen molar-refractivity contribution in [1.29, 1.82) is 0 Å². The molecular weight excluding hydrogens is 375 g/mol. The smallest absolute Gasteiger partial charge is 0.321 e. The predicted molar refractivity (Wildman–Crippen MR) is 96.7 cm³/mol. The van der Waals surface area contributed by atoms with E-state index in [1.807, 2.05) is 0 Å². The van der Waals surface area contributed by atoms with Crippen LogP contribution in [-0.4, -0.2) is 39.5 Å². The molecule has 1 aliphatic carbocycles. The fourth-order valence-corrected chi connectivity index (χ4v) is 4.05. The minimum atomic E-state index is -3.96. The highest BCUT2D eigenvalue weighted by Crippen LogP contribution is 2.29. The van der Waals surface area contributed by atoms with Gasteiger partial charge in [-0.1, -0.05) is 26.7 Å². The Morgan fingerprint density at radius 2 is 1.85 bits per heavy atom. The first-order chi connectivity index (χ1) is 12.7. The number of carbonyl (C=O) groups excluding carboxylic acids is 2. The average molecular weight is 400 g/mol. The van der Waals surface area contributed by atoms with Gasteiger partial charge in [-0.05, 0) is 42.5 Å². The summed E-state index contributed by atoms with van der Waals surface area (Å²) in [6, 6.07) is 4.23. The van der Waals surface area contributed by atoms with Crippen molar-refractivity contribution in [2.24, 2.45) is 11.8 Å². The van der Waals surface area contributed by atoms with Crippen LogP contribution in [-0.2, 0) is 24.3 Å². The summed E-state index contributed by atoms with van der Waals surface area (Å²) in [4.78, 5) is 23.5. The molecule has 27 heavy (non-hydrogen) atoms. The van der Waals surface area contributed by atoms with Gasteiger partial charge < -0.3 is 10.1 Å². The molecule has 1 saturated carbocycles. The molecule has 0 radical (unpaired) electrons. The third kappa shape index (κ3) is 6.28. The van der Waals surface area contributed by atoms with Gasteiger partial charge >= 0.3 is 5.97 Å². The number of ether oxygens (including phenoxy) is 1. The molecule has 1 aromatic carbocycles. The van der Waals surface area contributed by atoms with Crippen LogP contribution in [0.3, 0.4) is 0 Å². The average Bonchev–Trinajstić information content (AvgIpc) is 2.62. The quantitative estimate of drug-likeness (QED) is 0.677. The van der Waals surface area contributed by atoms with Crippen molar-refractivity contribution >= 4 is 21.9 Å². The molecule has 0 bridgehead atoms. The first-order valence-electron chi connectivity index (χ1n) is 8.89. The Balaban J connectivity index is 1.75. The lowest BCUT2D eigenvalue weighted by molar-refractivity contribution is -0.147. The van der Waals surface area contributed by atoms with E-state index in [0.717, 1.165) is 43.5 Å². The van der Waals surface area contributed by atoms with Crippen LogP contribution >= 0.6 is 0 Å². The second-order valence-corrected chi connectivity index (χ2v) is 8.65. The number of nitrogens with one attached hydrogen (secondary N) is 2. The lowest BCUT2D eigenvalue weighted by Crippen LogP contribution is -2.45. The summed E-state index contributed by atoms with van der Waals surface area (Å²) in [5.74, 6) is -0.981. The third-order valence-electron chi connectivity index (χ3n) is 4.95. The van der Waals surface area contributed by atoms with Crippen LogP contribution in [0, 0.1) is 17.7 Å². The Kier molecular flexibility index (Phi) is 7.32. The second kappa shape index (κ2) is 9.27. The van der Waals surface area contributed by atoms with Crippen LogP contribution in [0.25, 0.3) is 0 Å². The molecule has 1 aliphatic rings. The molecule has 1 fully saturated rings. The number of hydrogen-bond donors (Lipinski definition) is 2. The largest absolute Gasteiger partial charge is 0.455 e. The Labute approximate surface area is 158 Å². The highest BCUT2D eigenvalue weighted by Gasteiger charge is 2.28. The van der Waals surface area contributed by atoms with Crippen molar-refractivity contribution in [3.8, 4) is 0 Å². The van der Waals surface area contributed by atoms with Crippen molar-refractivity contribution in [3.63, 3.8) is 0 Å². The number of rotatable bonds is 7. The fourth-order valence-electron chi connectivity index (χ4n) is 3.08. The summed E-state index contributed by atoms with van der Waals surface area (Å²) >= 11 is 0. The number of sulfonamides is 1. The maximum absolute atomic E-state index is 12.9. The molecule has 0 aromatic heterocycles. The molecular formula is C18H25FN2O5S. The highest BCUT2D eigenvalue weighted by atomic mass is 32.2. The highest BCUT2D eigenvalue weighted by molar-refractivity contribution is 7.89. The SMILES string of the molecule is C[C@@H]1[C@H](C)CCC[C@H]1NC(=O)COC(=O)CNS(=O)(=O)c1ccc(F)cc1. The van der Waals surface area contributed by atoms with Gasteiger partial charge in [0.2, 0.25) is 10.0 Å². The number of hydrogen-bond acceptors (Lipinski definition) is 5. The van der Waals surface area contributed by atoms with Crippen molar-refractivity contribution in [3.05, 3.63) is 30.1 Å². The molecule has 2 N–H and O–H groups in total. The van der Waals surface area contributed by atoms with Crippen molar-refractivity contribution in [2.75, 3.05) is 13.2 Å². The Morgan fingerprint density at radius 1 is 1.19 bits per heavy atom. The lowest BCUT2D eigenvalue weighted by Gasteiger charge is -2.34. The van der Waals surface area contributed by atoms with Crippen LogP contribution in [0.4, 0.5) is 4.39 Å².